The van der Waals surface area contributed by atoms with Crippen LogP contribution in [0.4, 0.5) is 5.69 Å². The van der Waals surface area contributed by atoms with E-state index < -0.39 is 0 Å². The van der Waals surface area contributed by atoms with Gasteiger partial charge in [0.15, 0.2) is 5.96 Å². The molecule has 0 saturated heterocycles. The maximum atomic E-state index is 5.55. The molecule has 2 aromatic rings. The molecule has 0 saturated carbocycles. The van der Waals surface area contributed by atoms with Crippen LogP contribution < -0.4 is 17.2 Å². The zero-order chi connectivity index (χ0) is 13.8. The fraction of sp³-hybridized carbons (Fsp3) is 0.0833. The first-order valence-corrected chi connectivity index (χ1v) is 6.39. The van der Waals surface area contributed by atoms with E-state index in [2.05, 4.69) is 15.0 Å². The van der Waals surface area contributed by atoms with Crippen LogP contribution in [0.5, 0.6) is 0 Å². The summed E-state index contributed by atoms with van der Waals surface area (Å²) in [4.78, 5) is 12.1. The Bertz CT molecular complexity index is 622. The SMILES string of the molecule is Cc1nc(-c2ccc(N=C(N)N=C(N)N)cc2)cs1. The van der Waals surface area contributed by atoms with Gasteiger partial charge in [-0.25, -0.2) is 9.98 Å². The molecule has 6 nitrogen and oxygen atoms in total. The van der Waals surface area contributed by atoms with Crippen LogP contribution in [-0.4, -0.2) is 16.9 Å². The smallest absolute Gasteiger partial charge is 0.223 e. The Morgan fingerprint density at radius 1 is 1.16 bits per heavy atom. The number of aliphatic imine (C=N–C) groups is 2. The fourth-order valence-corrected chi connectivity index (χ4v) is 2.11. The highest BCUT2D eigenvalue weighted by Gasteiger charge is 2.01. The van der Waals surface area contributed by atoms with Crippen LogP contribution in [0, 0.1) is 6.92 Å². The van der Waals surface area contributed by atoms with Crippen LogP contribution in [0.2, 0.25) is 0 Å². The van der Waals surface area contributed by atoms with Crippen LogP contribution in [0.15, 0.2) is 39.6 Å². The maximum Gasteiger partial charge on any atom is 0.223 e. The molecule has 0 atom stereocenters. The largest absolute Gasteiger partial charge is 0.370 e. The molecule has 1 aromatic carbocycles. The van der Waals surface area contributed by atoms with Gasteiger partial charge in [-0.2, -0.15) is 4.99 Å². The monoisotopic (exact) mass is 274 g/mol. The molecule has 19 heavy (non-hydrogen) atoms. The minimum Gasteiger partial charge on any atom is -0.370 e. The Morgan fingerprint density at radius 2 is 1.84 bits per heavy atom. The Labute approximate surface area is 114 Å². The number of aryl methyl sites for hydroxylation is 1. The summed E-state index contributed by atoms with van der Waals surface area (Å²) in [5.41, 5.74) is 18.6. The number of nitrogens with two attached hydrogens (primary N) is 3. The van der Waals surface area contributed by atoms with Gasteiger partial charge >= 0.3 is 0 Å². The lowest BCUT2D eigenvalue weighted by atomic mass is 10.1. The molecule has 0 aliphatic rings. The van der Waals surface area contributed by atoms with Crippen molar-refractivity contribution in [2.45, 2.75) is 6.92 Å². The lowest BCUT2D eigenvalue weighted by Gasteiger charge is -1.99. The molecule has 0 radical (unpaired) electrons. The van der Waals surface area contributed by atoms with Gasteiger partial charge in [0.05, 0.1) is 16.4 Å². The van der Waals surface area contributed by atoms with Gasteiger partial charge in [0.1, 0.15) is 0 Å². The molecule has 1 aromatic heterocycles. The molecule has 0 bridgehead atoms. The fourth-order valence-electron chi connectivity index (χ4n) is 1.49. The van der Waals surface area contributed by atoms with Crippen molar-refractivity contribution in [3.05, 3.63) is 34.7 Å². The Hall–Kier alpha value is -2.41. The Balaban J connectivity index is 2.22. The van der Waals surface area contributed by atoms with E-state index in [4.69, 9.17) is 17.2 Å². The third-order valence-electron chi connectivity index (χ3n) is 2.27. The second kappa shape index (κ2) is 5.49. The molecule has 2 rings (SSSR count). The highest BCUT2D eigenvalue weighted by atomic mass is 32.1. The quantitative estimate of drug-likeness (QED) is 0.566. The summed E-state index contributed by atoms with van der Waals surface area (Å²) in [7, 11) is 0. The van der Waals surface area contributed by atoms with Crippen molar-refractivity contribution in [1.29, 1.82) is 0 Å². The molecule has 98 valence electrons. The number of guanidine groups is 2. The standard InChI is InChI=1S/C12H14N6S/c1-7-16-10(6-19-7)8-2-4-9(5-3-8)17-12(15)18-11(13)14/h2-6H,1H3,(H6,13,14,15,17,18). The van der Waals surface area contributed by atoms with Gasteiger partial charge in [0.25, 0.3) is 0 Å². The van der Waals surface area contributed by atoms with Gasteiger partial charge in [-0.15, -0.1) is 11.3 Å². The van der Waals surface area contributed by atoms with E-state index in [9.17, 15) is 0 Å². The predicted octanol–water partition coefficient (Wildman–Crippen LogP) is 1.34. The summed E-state index contributed by atoms with van der Waals surface area (Å²) in [6.07, 6.45) is 0. The van der Waals surface area contributed by atoms with E-state index in [-0.39, 0.29) is 11.9 Å². The topological polar surface area (TPSA) is 116 Å². The van der Waals surface area contributed by atoms with Crippen molar-refractivity contribution >= 4 is 28.9 Å². The number of thiazole rings is 1. The zero-order valence-corrected chi connectivity index (χ0v) is 11.2. The van der Waals surface area contributed by atoms with Crippen molar-refractivity contribution in [2.75, 3.05) is 0 Å². The van der Waals surface area contributed by atoms with Gasteiger partial charge in [0.2, 0.25) is 5.96 Å². The summed E-state index contributed by atoms with van der Waals surface area (Å²) >= 11 is 1.62. The van der Waals surface area contributed by atoms with Gasteiger partial charge in [-0.3, -0.25) is 0 Å². The predicted molar refractivity (Wildman–Crippen MR) is 79.4 cm³/mol. The van der Waals surface area contributed by atoms with Crippen molar-refractivity contribution in [3.8, 4) is 11.3 Å². The van der Waals surface area contributed by atoms with Crippen LogP contribution in [0.1, 0.15) is 5.01 Å². The molecule has 1 heterocycles. The number of rotatable bonds is 2. The summed E-state index contributed by atoms with van der Waals surface area (Å²) in [6, 6.07) is 7.52. The highest BCUT2D eigenvalue weighted by Crippen LogP contribution is 2.23. The molecule has 6 N–H and O–H groups in total. The van der Waals surface area contributed by atoms with E-state index in [1.165, 1.54) is 0 Å². The zero-order valence-electron chi connectivity index (χ0n) is 10.4. The van der Waals surface area contributed by atoms with Crippen LogP contribution in [0.3, 0.4) is 0 Å². The number of hydrogen-bond acceptors (Lipinski definition) is 3. The third-order valence-corrected chi connectivity index (χ3v) is 3.04. The van der Waals surface area contributed by atoms with E-state index in [0.717, 1.165) is 16.3 Å². The highest BCUT2D eigenvalue weighted by molar-refractivity contribution is 7.09. The molecule has 0 aliphatic carbocycles. The van der Waals surface area contributed by atoms with Crippen molar-refractivity contribution < 1.29 is 0 Å². The van der Waals surface area contributed by atoms with Gasteiger partial charge in [-0.1, -0.05) is 12.1 Å². The van der Waals surface area contributed by atoms with Gasteiger partial charge < -0.3 is 17.2 Å². The van der Waals surface area contributed by atoms with Gasteiger partial charge in [-0.05, 0) is 19.1 Å². The summed E-state index contributed by atoms with van der Waals surface area (Å²) in [6.45, 7) is 1.97. The molecule has 0 unspecified atom stereocenters. The number of benzene rings is 1. The average Bonchev–Trinajstić information content (AvgIpc) is 2.75. The van der Waals surface area contributed by atoms with Gasteiger partial charge in [0, 0.05) is 10.9 Å². The van der Waals surface area contributed by atoms with Crippen molar-refractivity contribution in [3.63, 3.8) is 0 Å². The van der Waals surface area contributed by atoms with Crippen LogP contribution in [-0.2, 0) is 0 Å². The molecular formula is C12H14N6S. The van der Waals surface area contributed by atoms with Crippen molar-refractivity contribution in [1.82, 2.24) is 4.98 Å². The van der Waals surface area contributed by atoms with Crippen molar-refractivity contribution in [2.24, 2.45) is 27.2 Å². The minimum absolute atomic E-state index is 0.0252. The normalized spacial score (nSPS) is 11.3. The van der Waals surface area contributed by atoms with E-state index in [1.54, 1.807) is 11.3 Å². The molecule has 0 fully saturated rings. The Kier molecular flexibility index (Phi) is 3.76. The number of hydrogen-bond donors (Lipinski definition) is 3. The Morgan fingerprint density at radius 3 is 2.37 bits per heavy atom. The minimum atomic E-state index is -0.115. The molecular weight excluding hydrogens is 260 g/mol. The summed E-state index contributed by atoms with van der Waals surface area (Å²) in [5.74, 6) is -0.0897. The second-order valence-corrected chi connectivity index (χ2v) is 4.87. The van der Waals surface area contributed by atoms with E-state index in [0.29, 0.717) is 5.69 Å². The van der Waals surface area contributed by atoms with Crippen LogP contribution in [0.25, 0.3) is 11.3 Å². The summed E-state index contributed by atoms with van der Waals surface area (Å²) < 4.78 is 0. The lowest BCUT2D eigenvalue weighted by molar-refractivity contribution is 1.30. The first-order valence-electron chi connectivity index (χ1n) is 5.51. The molecule has 0 aliphatic heterocycles. The van der Waals surface area contributed by atoms with Crippen LogP contribution >= 0.6 is 11.3 Å². The van der Waals surface area contributed by atoms with E-state index >= 15 is 0 Å². The lowest BCUT2D eigenvalue weighted by Crippen LogP contribution is -2.26. The molecule has 7 heteroatoms. The average molecular weight is 274 g/mol. The van der Waals surface area contributed by atoms with E-state index in [1.807, 2.05) is 36.6 Å². The first-order chi connectivity index (χ1) is 9.04. The number of nitrogens with zero attached hydrogens (tertiary/aromatic N) is 3. The third kappa shape index (κ3) is 3.52. The first kappa shape index (κ1) is 13.0. The second-order valence-electron chi connectivity index (χ2n) is 3.81. The molecule has 0 spiro atoms. The molecule has 0 amide bonds. The maximum absolute atomic E-state index is 5.55. The summed E-state index contributed by atoms with van der Waals surface area (Å²) in [5, 5.41) is 3.05. The number of aromatic nitrogens is 1.